The molecule has 0 radical (unpaired) electrons. The highest BCUT2D eigenvalue weighted by molar-refractivity contribution is 7.30. The Morgan fingerprint density at radius 3 is 1.22 bits per heavy atom. The summed E-state index contributed by atoms with van der Waals surface area (Å²) in [5.74, 6) is -0.490. The van der Waals surface area contributed by atoms with Crippen LogP contribution in [0.2, 0.25) is 0 Å². The summed E-state index contributed by atoms with van der Waals surface area (Å²) in [6.07, 6.45) is 44.2. The number of ether oxygens (including phenoxy) is 1. The average Bonchev–Trinajstić information content (AvgIpc) is 4.26. The molecule has 0 aliphatic rings. The molecular weight excluding hydrogens is 987 g/mol. The zero-order valence-electron chi connectivity index (χ0n) is 46.6. The second-order valence-corrected chi connectivity index (χ2v) is 26.5. The predicted molar refractivity (Wildman–Crippen MR) is 330 cm³/mol. The van der Waals surface area contributed by atoms with Crippen molar-refractivity contribution >= 4 is 68.7 Å². The van der Waals surface area contributed by atoms with Gasteiger partial charge in [-0.15, -0.1) is 56.7 Å². The van der Waals surface area contributed by atoms with Crippen LogP contribution in [-0.4, -0.2) is 12.6 Å². The zero-order chi connectivity index (χ0) is 51.9. The van der Waals surface area contributed by atoms with Crippen molar-refractivity contribution in [3.63, 3.8) is 0 Å². The first-order valence-corrected chi connectivity index (χ1v) is 33.8. The summed E-state index contributed by atoms with van der Waals surface area (Å²) in [5.41, 5.74) is 6.02. The normalized spacial score (nSPS) is 11.8. The highest BCUT2D eigenvalue weighted by Gasteiger charge is 2.22. The van der Waals surface area contributed by atoms with Crippen LogP contribution in [0.3, 0.4) is 0 Å². The Morgan fingerprint density at radius 1 is 0.438 bits per heavy atom. The van der Waals surface area contributed by atoms with E-state index >= 15 is 0 Å². The third-order valence-corrected chi connectivity index (χ3v) is 20.8. The molecule has 0 aromatic carbocycles. The number of carbonyl (C=O) groups is 1. The summed E-state index contributed by atoms with van der Waals surface area (Å²) >= 11 is 9.81. The van der Waals surface area contributed by atoms with Crippen LogP contribution in [-0.2, 0) is 35.2 Å². The molecule has 0 saturated carbocycles. The van der Waals surface area contributed by atoms with E-state index in [4.69, 9.17) is 11.3 Å². The van der Waals surface area contributed by atoms with Gasteiger partial charge < -0.3 is 4.74 Å². The number of hydrogen-bond acceptors (Lipinski definition) is 7. The van der Waals surface area contributed by atoms with Crippen molar-refractivity contribution in [1.82, 2.24) is 0 Å². The van der Waals surface area contributed by atoms with Crippen LogP contribution in [0.15, 0.2) is 42.1 Å². The van der Waals surface area contributed by atoms with E-state index < -0.39 is 5.97 Å². The molecule has 0 fully saturated rings. The first-order chi connectivity index (χ1) is 35.8. The quantitative estimate of drug-likeness (QED) is 0.0169. The molecule has 0 spiro atoms. The first kappa shape index (κ1) is 61.1. The van der Waals surface area contributed by atoms with Gasteiger partial charge in [-0.25, -0.2) is 4.85 Å². The minimum absolute atomic E-state index is 0.0856. The van der Waals surface area contributed by atoms with Gasteiger partial charge in [0.1, 0.15) is 0 Å². The van der Waals surface area contributed by atoms with E-state index in [0.29, 0.717) is 6.61 Å². The molecule has 5 aromatic heterocycles. The van der Waals surface area contributed by atoms with Crippen LogP contribution < -0.4 is 0 Å². The lowest BCUT2D eigenvalue weighted by atomic mass is 10.0. The second kappa shape index (κ2) is 36.3. The van der Waals surface area contributed by atoms with Gasteiger partial charge >= 0.3 is 5.97 Å². The van der Waals surface area contributed by atoms with Crippen molar-refractivity contribution in [1.29, 1.82) is 0 Å². The predicted octanol–water partition coefficient (Wildman–Crippen LogP) is 23.7. The summed E-state index contributed by atoms with van der Waals surface area (Å²) in [6, 6.07) is 14.8. The average molecular weight is 1080 g/mol. The Balaban J connectivity index is 1.48. The van der Waals surface area contributed by atoms with E-state index in [2.05, 4.69) is 94.1 Å². The second-order valence-electron chi connectivity index (χ2n) is 20.9. The molecule has 0 atom stereocenters. The molecular formula is C65H95NO2S5. The smallest absolute Gasteiger partial charge is 0.336 e. The largest absolute Gasteiger partial charge is 0.471 e. The molecule has 5 aromatic rings. The molecule has 0 saturated heterocycles. The van der Waals surface area contributed by atoms with Crippen LogP contribution in [0.5, 0.6) is 0 Å². The molecule has 402 valence electrons. The Kier molecular flexibility index (Phi) is 30.3. The van der Waals surface area contributed by atoms with Gasteiger partial charge in [0.15, 0.2) is 0 Å². The fourth-order valence-corrected chi connectivity index (χ4v) is 16.3. The first-order valence-electron chi connectivity index (χ1n) is 29.7. The minimum atomic E-state index is -0.490. The van der Waals surface area contributed by atoms with Crippen molar-refractivity contribution in [2.75, 3.05) is 6.61 Å². The van der Waals surface area contributed by atoms with E-state index in [0.717, 1.165) is 43.4 Å². The van der Waals surface area contributed by atoms with Crippen LogP contribution in [0.1, 0.15) is 259 Å². The Bertz CT molecular complexity index is 2360. The lowest BCUT2D eigenvalue weighted by Crippen LogP contribution is -2.06. The molecule has 0 aliphatic carbocycles. The van der Waals surface area contributed by atoms with E-state index in [1.165, 1.54) is 235 Å². The number of hydrogen-bond donors (Lipinski definition) is 0. The number of rotatable bonds is 41. The van der Waals surface area contributed by atoms with Gasteiger partial charge in [0, 0.05) is 48.8 Å². The lowest BCUT2D eigenvalue weighted by Gasteiger charge is -2.04. The molecule has 5 heterocycles. The van der Waals surface area contributed by atoms with Crippen molar-refractivity contribution in [2.24, 2.45) is 0 Å². The number of esters is 1. The molecule has 73 heavy (non-hydrogen) atoms. The van der Waals surface area contributed by atoms with E-state index in [1.54, 1.807) is 28.5 Å². The number of unbranched alkanes of at least 4 members (excludes halogenated alkanes) is 25. The molecule has 8 heteroatoms. The molecule has 0 aliphatic heterocycles. The van der Waals surface area contributed by atoms with Crippen molar-refractivity contribution in [3.8, 4) is 39.0 Å². The Labute approximate surface area is 465 Å². The maximum Gasteiger partial charge on any atom is 0.336 e. The summed E-state index contributed by atoms with van der Waals surface area (Å²) in [4.78, 5) is 30.7. The highest BCUT2D eigenvalue weighted by atomic mass is 32.1. The monoisotopic (exact) mass is 1080 g/mol. The number of aryl methyl sites for hydroxylation is 5. The molecule has 0 bridgehead atoms. The Morgan fingerprint density at radius 2 is 0.795 bits per heavy atom. The third kappa shape index (κ3) is 21.3. The standard InChI is InChI=1S/C65H95NO2S5/c1-8-13-18-23-28-33-38-51-45-50(6)69-63(51)59-47-53(40-35-30-25-20-15-10-3)61(72-59)57-42-43-58(71-57)62-54(41-36-31-26-21-16-11-4)48-60(73-62)64-52(39-34-29-24-19-14-9-2)46-55(70-64)49-56(66-7)65(67)68-44-37-32-27-22-17-12-5/h42-43,45-49H,8-41,44H2,1-6H3/b56-49-. The fourth-order valence-electron chi connectivity index (χ4n) is 10.1. The van der Waals surface area contributed by atoms with Gasteiger partial charge in [0.25, 0.3) is 5.70 Å². The van der Waals surface area contributed by atoms with Gasteiger partial charge in [-0.3, -0.25) is 4.79 Å². The van der Waals surface area contributed by atoms with Gasteiger partial charge in [-0.1, -0.05) is 195 Å². The van der Waals surface area contributed by atoms with E-state index in [-0.39, 0.29) is 5.70 Å². The van der Waals surface area contributed by atoms with Crippen LogP contribution in [0.4, 0.5) is 0 Å². The topological polar surface area (TPSA) is 30.7 Å². The molecule has 0 amide bonds. The van der Waals surface area contributed by atoms with Crippen molar-refractivity contribution in [3.05, 3.63) is 85.5 Å². The van der Waals surface area contributed by atoms with E-state index in [9.17, 15) is 4.79 Å². The minimum Gasteiger partial charge on any atom is -0.471 e. The summed E-state index contributed by atoms with van der Waals surface area (Å²) in [7, 11) is 0. The molecule has 0 N–H and O–H groups in total. The van der Waals surface area contributed by atoms with Crippen molar-refractivity contribution in [2.45, 2.75) is 260 Å². The van der Waals surface area contributed by atoms with Gasteiger partial charge in [0.05, 0.1) is 13.2 Å². The fraction of sp³-hybridized carbons (Fsp3) is 0.631. The Hall–Kier alpha value is -2.80. The van der Waals surface area contributed by atoms with Crippen LogP contribution in [0, 0.1) is 13.5 Å². The summed E-state index contributed by atoms with van der Waals surface area (Å²) in [5, 5.41) is 0. The summed E-state index contributed by atoms with van der Waals surface area (Å²) in [6.45, 7) is 22.1. The number of nitrogens with zero attached hydrogens (tertiary/aromatic N) is 1. The maximum absolute atomic E-state index is 13.3. The lowest BCUT2D eigenvalue weighted by molar-refractivity contribution is -0.138. The zero-order valence-corrected chi connectivity index (χ0v) is 50.7. The van der Waals surface area contributed by atoms with Crippen molar-refractivity contribution < 1.29 is 9.53 Å². The van der Waals surface area contributed by atoms with E-state index in [1.807, 2.05) is 34.0 Å². The highest BCUT2D eigenvalue weighted by Crippen LogP contribution is 2.50. The number of thiophene rings is 5. The molecule has 3 nitrogen and oxygen atoms in total. The maximum atomic E-state index is 13.3. The molecule has 0 unspecified atom stereocenters. The van der Waals surface area contributed by atoms with Gasteiger partial charge in [-0.05, 0) is 129 Å². The van der Waals surface area contributed by atoms with Gasteiger partial charge in [-0.2, -0.15) is 0 Å². The van der Waals surface area contributed by atoms with Crippen LogP contribution >= 0.6 is 56.7 Å². The molecule has 5 rings (SSSR count). The SMILES string of the molecule is [C-]#[N+]/C(=C\c1cc(CCCCCCCC)c(-c2cc(CCCCCCCC)c(-c3ccc(-c4sc(-c5sc(C)cc5CCCCCCCC)cc4CCCCCCCC)s3)s2)s1)C(=O)OCCCCCCCC. The van der Waals surface area contributed by atoms with Crippen LogP contribution in [0.25, 0.3) is 49.9 Å². The summed E-state index contributed by atoms with van der Waals surface area (Å²) < 4.78 is 5.67. The number of carbonyl (C=O) groups excluding carboxylic acids is 1. The third-order valence-electron chi connectivity index (χ3n) is 14.4. The van der Waals surface area contributed by atoms with Gasteiger partial charge in [0.2, 0.25) is 0 Å².